The number of ether oxygens (including phenoxy) is 1. The van der Waals surface area contributed by atoms with E-state index in [1.165, 1.54) is 5.56 Å². The third kappa shape index (κ3) is 3.11. The molecule has 1 aromatic carbocycles. The Morgan fingerprint density at radius 2 is 2.06 bits per heavy atom. The van der Waals surface area contributed by atoms with Gasteiger partial charge in [0.25, 0.3) is 0 Å². The summed E-state index contributed by atoms with van der Waals surface area (Å²) in [6.45, 7) is 2.54. The molecular weight excluding hydrogens is 246 g/mol. The molecular formula is C14H15NO2S. The maximum Gasteiger partial charge on any atom is 0.119 e. The first kappa shape index (κ1) is 12.6. The van der Waals surface area contributed by atoms with E-state index in [4.69, 9.17) is 9.94 Å². The van der Waals surface area contributed by atoms with Crippen molar-refractivity contribution in [1.29, 1.82) is 0 Å². The van der Waals surface area contributed by atoms with Gasteiger partial charge >= 0.3 is 0 Å². The highest BCUT2D eigenvalue weighted by molar-refractivity contribution is 7.07. The molecule has 94 valence electrons. The van der Waals surface area contributed by atoms with Gasteiger partial charge in [0.05, 0.1) is 5.71 Å². The zero-order valence-corrected chi connectivity index (χ0v) is 11.0. The Bertz CT molecular complexity index is 503. The molecule has 0 unspecified atom stereocenters. The molecule has 0 aliphatic rings. The first-order chi connectivity index (χ1) is 8.83. The maximum atomic E-state index is 8.84. The van der Waals surface area contributed by atoms with Crippen molar-refractivity contribution in [3.8, 4) is 5.75 Å². The summed E-state index contributed by atoms with van der Waals surface area (Å²) in [5.74, 6) is 0.818. The second-order valence-corrected chi connectivity index (χ2v) is 4.62. The van der Waals surface area contributed by atoms with Gasteiger partial charge in [0, 0.05) is 0 Å². The summed E-state index contributed by atoms with van der Waals surface area (Å²) in [6, 6.07) is 9.64. The molecule has 2 aromatic rings. The second kappa shape index (κ2) is 6.21. The molecule has 0 spiro atoms. The van der Waals surface area contributed by atoms with Crippen LogP contribution in [0.3, 0.4) is 0 Å². The number of benzene rings is 1. The number of hydrogen-bond acceptors (Lipinski definition) is 4. The highest BCUT2D eigenvalue weighted by Crippen LogP contribution is 2.16. The van der Waals surface area contributed by atoms with Crippen LogP contribution < -0.4 is 4.74 Å². The van der Waals surface area contributed by atoms with Crippen molar-refractivity contribution < 1.29 is 9.94 Å². The molecule has 4 heteroatoms. The molecule has 0 amide bonds. The topological polar surface area (TPSA) is 41.8 Å². The van der Waals surface area contributed by atoms with E-state index in [1.54, 1.807) is 11.3 Å². The molecule has 0 radical (unpaired) electrons. The molecule has 18 heavy (non-hydrogen) atoms. The Labute approximate surface area is 110 Å². The van der Waals surface area contributed by atoms with E-state index in [2.05, 4.69) is 10.5 Å². The largest absolute Gasteiger partial charge is 0.489 e. The molecule has 1 N–H and O–H groups in total. The van der Waals surface area contributed by atoms with Crippen LogP contribution in [0.4, 0.5) is 0 Å². The summed E-state index contributed by atoms with van der Waals surface area (Å²) in [6.07, 6.45) is 0.700. The van der Waals surface area contributed by atoms with Crippen molar-refractivity contribution in [3.05, 3.63) is 52.2 Å². The smallest absolute Gasteiger partial charge is 0.119 e. The Kier molecular flexibility index (Phi) is 4.36. The van der Waals surface area contributed by atoms with Crippen molar-refractivity contribution in [2.75, 3.05) is 0 Å². The van der Waals surface area contributed by atoms with E-state index in [0.717, 1.165) is 11.3 Å². The van der Waals surface area contributed by atoms with Crippen LogP contribution in [0.1, 0.15) is 24.5 Å². The van der Waals surface area contributed by atoms with E-state index in [1.807, 2.05) is 42.6 Å². The zero-order chi connectivity index (χ0) is 12.8. The lowest BCUT2D eigenvalue weighted by Gasteiger charge is -2.06. The Morgan fingerprint density at radius 3 is 2.61 bits per heavy atom. The van der Waals surface area contributed by atoms with Crippen LogP contribution >= 0.6 is 11.3 Å². The molecule has 0 saturated heterocycles. The van der Waals surface area contributed by atoms with Crippen LogP contribution in [0.15, 0.2) is 46.2 Å². The average Bonchev–Trinajstić information content (AvgIpc) is 2.92. The Balaban J connectivity index is 1.99. The van der Waals surface area contributed by atoms with E-state index in [0.29, 0.717) is 18.7 Å². The molecule has 1 aromatic heterocycles. The number of nitrogens with zero attached hydrogens (tertiary/aromatic N) is 1. The number of thiophene rings is 1. The van der Waals surface area contributed by atoms with Gasteiger partial charge in [0.1, 0.15) is 12.4 Å². The second-order valence-electron chi connectivity index (χ2n) is 3.84. The predicted octanol–water partition coefficient (Wildman–Crippen LogP) is 3.92. The van der Waals surface area contributed by atoms with Gasteiger partial charge in [-0.3, -0.25) is 0 Å². The zero-order valence-electron chi connectivity index (χ0n) is 10.2. The number of rotatable bonds is 5. The molecule has 0 aliphatic heterocycles. The maximum absolute atomic E-state index is 8.84. The van der Waals surface area contributed by atoms with Crippen molar-refractivity contribution in [2.24, 2.45) is 5.16 Å². The van der Waals surface area contributed by atoms with E-state index in [-0.39, 0.29) is 0 Å². The molecule has 0 fully saturated rings. The first-order valence-corrected chi connectivity index (χ1v) is 6.73. The van der Waals surface area contributed by atoms with Gasteiger partial charge in [0.15, 0.2) is 0 Å². The SMILES string of the molecule is CC/C(=N\O)c1ccc(OCc2ccsc2)cc1. The molecule has 0 bridgehead atoms. The van der Waals surface area contributed by atoms with Gasteiger partial charge < -0.3 is 9.94 Å². The third-order valence-corrected chi connectivity index (χ3v) is 3.36. The van der Waals surface area contributed by atoms with Gasteiger partial charge in [-0.2, -0.15) is 11.3 Å². The van der Waals surface area contributed by atoms with Crippen molar-refractivity contribution in [1.82, 2.24) is 0 Å². The van der Waals surface area contributed by atoms with E-state index >= 15 is 0 Å². The van der Waals surface area contributed by atoms with Crippen molar-refractivity contribution in [2.45, 2.75) is 20.0 Å². The minimum atomic E-state index is 0.581. The van der Waals surface area contributed by atoms with E-state index < -0.39 is 0 Å². The molecule has 0 aliphatic carbocycles. The summed E-state index contributed by atoms with van der Waals surface area (Å²) in [5, 5.41) is 16.2. The molecule has 0 atom stereocenters. The Hall–Kier alpha value is -1.81. The fourth-order valence-corrected chi connectivity index (χ4v) is 2.27. The van der Waals surface area contributed by atoms with Crippen LogP contribution in [0.25, 0.3) is 0 Å². The fraction of sp³-hybridized carbons (Fsp3) is 0.214. The summed E-state index contributed by atoms with van der Waals surface area (Å²) in [7, 11) is 0. The minimum Gasteiger partial charge on any atom is -0.489 e. The van der Waals surface area contributed by atoms with Crippen LogP contribution in [0, 0.1) is 0 Å². The monoisotopic (exact) mass is 261 g/mol. The van der Waals surface area contributed by atoms with Gasteiger partial charge in [-0.25, -0.2) is 0 Å². The van der Waals surface area contributed by atoms with Crippen LogP contribution in [-0.2, 0) is 6.61 Å². The normalized spacial score (nSPS) is 11.5. The van der Waals surface area contributed by atoms with E-state index in [9.17, 15) is 0 Å². The van der Waals surface area contributed by atoms with Gasteiger partial charge in [-0.1, -0.05) is 12.1 Å². The lowest BCUT2D eigenvalue weighted by molar-refractivity contribution is 0.306. The average molecular weight is 261 g/mol. The number of oxime groups is 1. The lowest BCUT2D eigenvalue weighted by atomic mass is 10.1. The minimum absolute atomic E-state index is 0.581. The Morgan fingerprint density at radius 1 is 1.28 bits per heavy atom. The summed E-state index contributed by atoms with van der Waals surface area (Å²) in [5.41, 5.74) is 2.78. The predicted molar refractivity (Wildman–Crippen MR) is 73.7 cm³/mol. The van der Waals surface area contributed by atoms with Crippen LogP contribution in [0.2, 0.25) is 0 Å². The van der Waals surface area contributed by atoms with Gasteiger partial charge in [-0.05, 0) is 58.6 Å². The highest BCUT2D eigenvalue weighted by Gasteiger charge is 2.02. The summed E-state index contributed by atoms with van der Waals surface area (Å²) >= 11 is 1.66. The molecule has 1 heterocycles. The van der Waals surface area contributed by atoms with Gasteiger partial charge in [-0.15, -0.1) is 0 Å². The molecule has 0 saturated carbocycles. The van der Waals surface area contributed by atoms with Crippen LogP contribution in [0.5, 0.6) is 5.75 Å². The van der Waals surface area contributed by atoms with Crippen molar-refractivity contribution >= 4 is 17.0 Å². The highest BCUT2D eigenvalue weighted by atomic mass is 32.1. The molecule has 2 rings (SSSR count). The third-order valence-electron chi connectivity index (χ3n) is 2.63. The molecule has 3 nitrogen and oxygen atoms in total. The summed E-state index contributed by atoms with van der Waals surface area (Å²) < 4.78 is 5.66. The van der Waals surface area contributed by atoms with Crippen molar-refractivity contribution in [3.63, 3.8) is 0 Å². The van der Waals surface area contributed by atoms with Crippen LogP contribution in [-0.4, -0.2) is 10.9 Å². The quantitative estimate of drug-likeness (QED) is 0.503. The standard InChI is InChI=1S/C14H15NO2S/c1-2-14(15-16)12-3-5-13(6-4-12)17-9-11-7-8-18-10-11/h3-8,10,16H,2,9H2,1H3/b15-14+. The van der Waals surface area contributed by atoms with Gasteiger partial charge in [0.2, 0.25) is 0 Å². The fourth-order valence-electron chi connectivity index (χ4n) is 1.62. The lowest BCUT2D eigenvalue weighted by Crippen LogP contribution is -1.99. The number of hydrogen-bond donors (Lipinski definition) is 1. The first-order valence-electron chi connectivity index (χ1n) is 5.78. The summed E-state index contributed by atoms with van der Waals surface area (Å²) in [4.78, 5) is 0.